The van der Waals surface area contributed by atoms with Crippen molar-refractivity contribution in [1.29, 1.82) is 0 Å². The topological polar surface area (TPSA) is 142 Å². The fourth-order valence-electron chi connectivity index (χ4n) is 4.83. The lowest BCUT2D eigenvalue weighted by atomic mass is 9.94. The molecular formula is C37H48BO8-. The zero-order valence-electron chi connectivity index (χ0n) is 26.9. The van der Waals surface area contributed by atoms with Crippen molar-refractivity contribution >= 4 is 19.4 Å². The maximum atomic E-state index is 10.2. The van der Waals surface area contributed by atoms with Gasteiger partial charge in [0.25, 0.3) is 0 Å². The molecule has 1 aliphatic heterocycles. The first-order chi connectivity index (χ1) is 21.1. The Kier molecular flexibility index (Phi) is 15.1. The summed E-state index contributed by atoms with van der Waals surface area (Å²) < 4.78 is 11.6. The second-order valence-corrected chi connectivity index (χ2v) is 10.1. The summed E-state index contributed by atoms with van der Waals surface area (Å²) in [6.07, 6.45) is -1.56. The summed E-state index contributed by atoms with van der Waals surface area (Å²) in [4.78, 5) is 0. The number of phenolic OH excluding ortho intramolecular Hbond substituents is 4. The molecule has 0 aliphatic carbocycles. The number of aromatic hydroxyl groups is 4. The molecule has 0 spiro atoms. The maximum absolute atomic E-state index is 10.2. The van der Waals surface area contributed by atoms with E-state index in [1.807, 2.05) is 38.1 Å². The summed E-state index contributed by atoms with van der Waals surface area (Å²) in [5.41, 5.74) is 6.93. The largest absolute Gasteiger partial charge is 0.508 e. The molecular weight excluding hydrogens is 583 g/mol. The van der Waals surface area contributed by atoms with Crippen molar-refractivity contribution in [2.24, 2.45) is 0 Å². The van der Waals surface area contributed by atoms with E-state index >= 15 is 0 Å². The van der Waals surface area contributed by atoms with Crippen LogP contribution >= 0.6 is 0 Å². The number of hydrogen-bond acceptors (Lipinski definition) is 7. The average Bonchev–Trinajstić information content (AvgIpc) is 3.03. The predicted molar refractivity (Wildman–Crippen MR) is 190 cm³/mol. The smallest absolute Gasteiger partial charge is 0.360 e. The van der Waals surface area contributed by atoms with Crippen molar-refractivity contribution in [2.75, 3.05) is 7.11 Å². The van der Waals surface area contributed by atoms with E-state index in [1.165, 1.54) is 47.0 Å². The molecule has 1 aromatic heterocycles. The Morgan fingerprint density at radius 3 is 2.00 bits per heavy atom. The summed E-state index contributed by atoms with van der Waals surface area (Å²) in [5.74, 6) is 0.332. The number of hydrogen-bond donors (Lipinski definition) is 6. The van der Waals surface area contributed by atoms with Gasteiger partial charge in [-0.2, -0.15) is 0 Å². The molecule has 6 rings (SSSR count). The summed E-state index contributed by atoms with van der Waals surface area (Å²) in [6, 6.07) is 23.3. The lowest BCUT2D eigenvalue weighted by molar-refractivity contribution is 0.0197. The average molecular weight is 632 g/mol. The van der Waals surface area contributed by atoms with E-state index in [0.29, 0.717) is 11.1 Å². The van der Waals surface area contributed by atoms with Gasteiger partial charge in [-0.15, -0.1) is 0 Å². The van der Waals surface area contributed by atoms with Crippen LogP contribution in [0.2, 0.25) is 0 Å². The fourth-order valence-corrected chi connectivity index (χ4v) is 4.83. The number of aryl methyl sites for hydroxylation is 2. The lowest BCUT2D eigenvalue weighted by Gasteiger charge is -2.31. The quantitative estimate of drug-likeness (QED) is 0.0563. The van der Waals surface area contributed by atoms with Crippen LogP contribution in [0.25, 0.3) is 22.3 Å². The molecule has 2 unspecified atom stereocenters. The molecule has 0 fully saturated rings. The Morgan fingerprint density at radius 1 is 0.739 bits per heavy atom. The van der Waals surface area contributed by atoms with Crippen LogP contribution in [-0.2, 0) is 6.42 Å². The van der Waals surface area contributed by atoms with Crippen LogP contribution in [0.5, 0.6) is 28.7 Å². The van der Waals surface area contributed by atoms with E-state index in [2.05, 4.69) is 45.0 Å². The molecule has 1 aliphatic rings. The number of rotatable bonds is 2. The van der Waals surface area contributed by atoms with Gasteiger partial charge < -0.3 is 42.8 Å². The minimum absolute atomic E-state index is 0. The number of phenols is 4. The number of benzene rings is 4. The van der Waals surface area contributed by atoms with Crippen molar-refractivity contribution in [1.82, 2.24) is 0 Å². The Hall–Kier alpha value is -4.73. The van der Waals surface area contributed by atoms with Crippen LogP contribution in [0, 0.1) is 28.2 Å². The molecule has 5 aromatic rings. The Bertz CT molecular complexity index is 1700. The monoisotopic (exact) mass is 631 g/mol. The van der Waals surface area contributed by atoms with Crippen LogP contribution in [0.1, 0.15) is 47.8 Å². The van der Waals surface area contributed by atoms with Crippen molar-refractivity contribution in [2.45, 2.75) is 53.2 Å². The number of fused-ring (bicyclic) bond motifs is 2. The first-order valence-electron chi connectivity index (χ1n) is 14.4. The highest BCUT2D eigenvalue weighted by molar-refractivity contribution is 5.78. The van der Waals surface area contributed by atoms with E-state index < -0.39 is 12.2 Å². The van der Waals surface area contributed by atoms with Gasteiger partial charge in [-0.1, -0.05) is 40.5 Å². The van der Waals surface area contributed by atoms with Crippen LogP contribution in [0.15, 0.2) is 83.3 Å². The molecule has 2 heterocycles. The van der Waals surface area contributed by atoms with Gasteiger partial charge in [0, 0.05) is 43.4 Å². The zero-order chi connectivity index (χ0) is 32.6. The second-order valence-electron chi connectivity index (χ2n) is 10.1. The van der Waals surface area contributed by atoms with Crippen LogP contribution < -0.4 is 4.74 Å². The molecule has 8 nitrogen and oxygen atoms in total. The van der Waals surface area contributed by atoms with Crippen LogP contribution in [0.3, 0.4) is 0 Å². The standard InChI is InChI=1S/C18H17O.C15H14O6.C2H6.CH4O.CH3.BH4/c1-12-10-16(11-13(2)14(12)3)18-9-8-15-6-4-5-7-17(15)19-18;16-8-4-11(18)9-6-13(20)15(21-14(9)5-8)7-1-2-10(17)12(19)3-7;2*1-2;;/h4-11H,1-3H3;1-5,13,15-20H,6H2;1-2H3;2H,1H3;1H3;1H4/q+1;;;;2*-1. The number of aliphatic hydroxyl groups is 2. The highest BCUT2D eigenvalue weighted by Crippen LogP contribution is 2.42. The predicted octanol–water partition coefficient (Wildman–Crippen LogP) is 6.49. The maximum Gasteiger partial charge on any atom is 0.360 e. The van der Waals surface area contributed by atoms with Crippen LogP contribution in [-0.4, -0.2) is 52.3 Å². The van der Waals surface area contributed by atoms with Crippen LogP contribution in [0.4, 0.5) is 0 Å². The van der Waals surface area contributed by atoms with Crippen molar-refractivity contribution in [3.05, 3.63) is 114 Å². The van der Waals surface area contributed by atoms with Gasteiger partial charge in [-0.05, 0) is 79.4 Å². The molecule has 0 bridgehead atoms. The van der Waals surface area contributed by atoms with Gasteiger partial charge in [0.15, 0.2) is 11.5 Å². The molecule has 2 atom stereocenters. The normalized spacial score (nSPS) is 14.2. The molecule has 248 valence electrons. The Balaban J connectivity index is 0.000000401. The second kappa shape index (κ2) is 17.7. The summed E-state index contributed by atoms with van der Waals surface area (Å²) >= 11 is 0. The lowest BCUT2D eigenvalue weighted by Crippen LogP contribution is -2.30. The summed E-state index contributed by atoms with van der Waals surface area (Å²) in [5, 5.41) is 56.4. The molecule has 6 N–H and O–H groups in total. The minimum Gasteiger partial charge on any atom is -0.508 e. The Labute approximate surface area is 273 Å². The van der Waals surface area contributed by atoms with Crippen molar-refractivity contribution in [3.63, 3.8) is 0 Å². The molecule has 46 heavy (non-hydrogen) atoms. The summed E-state index contributed by atoms with van der Waals surface area (Å²) in [7, 11) is 1.00. The van der Waals surface area contributed by atoms with Gasteiger partial charge in [0.2, 0.25) is 0 Å². The first kappa shape index (κ1) is 39.3. The van der Waals surface area contributed by atoms with Gasteiger partial charge in [-0.25, -0.2) is 4.42 Å². The molecule has 0 radical (unpaired) electrons. The Morgan fingerprint density at radius 2 is 1.37 bits per heavy atom. The van der Waals surface area contributed by atoms with E-state index in [0.717, 1.165) is 29.4 Å². The van der Waals surface area contributed by atoms with Gasteiger partial charge in [0.1, 0.15) is 23.4 Å². The van der Waals surface area contributed by atoms with Gasteiger partial charge in [0.05, 0.1) is 17.1 Å². The van der Waals surface area contributed by atoms with E-state index in [9.17, 15) is 25.5 Å². The SMILES string of the molecule is CC.CO.Cc1cc(-c2ccc3ccccc3[o+]2)cc(C)c1C.Oc1cc(O)c2c(c1)OC(c1ccc(O)c(O)c1)C(O)C2.[BH4-].[CH3-]. The van der Waals surface area contributed by atoms with Crippen molar-refractivity contribution < 1.29 is 39.8 Å². The third kappa shape index (κ3) is 8.93. The highest BCUT2D eigenvalue weighted by atomic mass is 16.5. The van der Waals surface area contributed by atoms with E-state index in [-0.39, 0.29) is 51.0 Å². The number of para-hydroxylation sites is 1. The molecule has 0 amide bonds. The van der Waals surface area contributed by atoms with Gasteiger partial charge >= 0.3 is 11.3 Å². The molecule has 9 heteroatoms. The van der Waals surface area contributed by atoms with E-state index in [1.54, 1.807) is 0 Å². The zero-order valence-corrected chi connectivity index (χ0v) is 26.9. The van der Waals surface area contributed by atoms with Crippen molar-refractivity contribution in [3.8, 4) is 40.1 Å². The third-order valence-electron chi connectivity index (χ3n) is 7.28. The molecule has 4 aromatic carbocycles. The highest BCUT2D eigenvalue weighted by Gasteiger charge is 2.32. The number of aliphatic hydroxyl groups excluding tert-OH is 2. The summed E-state index contributed by atoms with van der Waals surface area (Å²) in [6.45, 7) is 10.5. The van der Waals surface area contributed by atoms with E-state index in [4.69, 9.17) is 14.3 Å². The minimum atomic E-state index is -0.933. The number of ether oxygens (including phenoxy) is 1. The third-order valence-corrected chi connectivity index (χ3v) is 7.28. The van der Waals surface area contributed by atoms with Gasteiger partial charge in [-0.3, -0.25) is 0 Å². The first-order valence-corrected chi connectivity index (χ1v) is 14.4. The fraction of sp³-hybridized carbons (Fsp3) is 0.243. The molecule has 0 saturated carbocycles. The molecule has 0 saturated heterocycles.